The Kier molecular flexibility index (Phi) is 8.34. The lowest BCUT2D eigenvalue weighted by atomic mass is 9.81. The van der Waals surface area contributed by atoms with E-state index in [4.69, 9.17) is 0 Å². The predicted molar refractivity (Wildman–Crippen MR) is 132 cm³/mol. The summed E-state index contributed by atoms with van der Waals surface area (Å²) in [5, 5.41) is 3.04. The topological polar surface area (TPSA) is 0 Å². The highest BCUT2D eigenvalue weighted by molar-refractivity contribution is 7.67. The summed E-state index contributed by atoms with van der Waals surface area (Å²) < 4.78 is 0. The molecule has 0 radical (unpaired) electrons. The molecular formula is C27H35P. The lowest BCUT2D eigenvalue weighted by Gasteiger charge is -2.31. The summed E-state index contributed by atoms with van der Waals surface area (Å²) in [5.74, 6) is 3.30. The molecule has 148 valence electrons. The third-order valence-corrected chi connectivity index (χ3v) is 8.06. The normalized spacial score (nSPS) is 25.6. The molecule has 3 atom stereocenters. The molecule has 0 spiro atoms. The zero-order valence-corrected chi connectivity index (χ0v) is 19.3. The molecule has 1 aliphatic carbocycles. The number of hydrogen-bond acceptors (Lipinski definition) is 0. The second-order valence-corrected chi connectivity index (χ2v) is 9.84. The number of fused-ring (bicyclic) bond motifs is 1. The quantitative estimate of drug-likeness (QED) is 0.317. The zero-order chi connectivity index (χ0) is 20.7. The van der Waals surface area contributed by atoms with Crippen molar-refractivity contribution in [3.05, 3.63) is 107 Å². The van der Waals surface area contributed by atoms with E-state index in [9.17, 15) is 0 Å². The molecule has 1 heteroatoms. The van der Waals surface area contributed by atoms with Gasteiger partial charge in [0.15, 0.2) is 0 Å². The van der Waals surface area contributed by atoms with E-state index < -0.39 is 7.55 Å². The Morgan fingerprint density at radius 2 is 1.89 bits per heavy atom. The smallest absolute Gasteiger partial charge is 0.00848 e. The van der Waals surface area contributed by atoms with Crippen molar-refractivity contribution in [2.75, 3.05) is 0 Å². The van der Waals surface area contributed by atoms with E-state index in [0.717, 1.165) is 5.57 Å². The SMILES string of the molecule is C=C(C)/C=C\C=C/C(C)C1C=C2C(=C/C1=C/C)C=C(C)C(/C=C\C)=[PH]2/C=C\C. The molecule has 3 unspecified atom stereocenters. The van der Waals surface area contributed by atoms with Crippen LogP contribution in [0.5, 0.6) is 0 Å². The Morgan fingerprint density at radius 3 is 2.50 bits per heavy atom. The van der Waals surface area contributed by atoms with Crippen LogP contribution in [-0.2, 0) is 0 Å². The fourth-order valence-electron chi connectivity index (χ4n) is 3.80. The van der Waals surface area contributed by atoms with Crippen molar-refractivity contribution in [2.45, 2.75) is 41.5 Å². The molecule has 0 saturated carbocycles. The van der Waals surface area contributed by atoms with Crippen molar-refractivity contribution in [3.8, 4) is 0 Å². The van der Waals surface area contributed by atoms with Gasteiger partial charge < -0.3 is 0 Å². The average Bonchev–Trinajstić information content (AvgIpc) is 2.66. The molecule has 0 saturated heterocycles. The maximum atomic E-state index is 3.92. The highest BCUT2D eigenvalue weighted by Gasteiger charge is 2.26. The number of allylic oxidation sites excluding steroid dienone is 16. The van der Waals surface area contributed by atoms with E-state index in [1.165, 1.54) is 27.3 Å². The van der Waals surface area contributed by atoms with Gasteiger partial charge in [-0.05, 0) is 67.9 Å². The fourth-order valence-corrected chi connectivity index (χ4v) is 6.44. The Bertz CT molecular complexity index is 889. The molecule has 0 nitrogen and oxygen atoms in total. The van der Waals surface area contributed by atoms with E-state index in [2.05, 4.69) is 114 Å². The first kappa shape index (κ1) is 22.3. The molecule has 0 aromatic heterocycles. The molecule has 2 aliphatic rings. The largest absolute Gasteiger partial charge is 0.0961 e. The average molecular weight is 391 g/mol. The summed E-state index contributed by atoms with van der Waals surface area (Å²) in [7, 11) is -0.882. The first-order valence-electron chi connectivity index (χ1n) is 10.2. The molecular weight excluding hydrogens is 355 g/mol. The van der Waals surface area contributed by atoms with Crippen LogP contribution in [0.3, 0.4) is 0 Å². The fraction of sp³-hybridized carbons (Fsp3) is 0.296. The van der Waals surface area contributed by atoms with Gasteiger partial charge in [-0.15, -0.1) is 0 Å². The summed E-state index contributed by atoms with van der Waals surface area (Å²) in [5.41, 5.74) is 5.30. The van der Waals surface area contributed by atoms with E-state index in [0.29, 0.717) is 11.8 Å². The van der Waals surface area contributed by atoms with E-state index in [-0.39, 0.29) is 0 Å². The Labute approximate surface area is 173 Å². The third kappa shape index (κ3) is 5.27. The van der Waals surface area contributed by atoms with Gasteiger partial charge in [0.25, 0.3) is 0 Å². The van der Waals surface area contributed by atoms with Crippen LogP contribution in [0.2, 0.25) is 0 Å². The van der Waals surface area contributed by atoms with E-state index >= 15 is 0 Å². The lowest BCUT2D eigenvalue weighted by Crippen LogP contribution is -2.15. The van der Waals surface area contributed by atoms with Crippen LogP contribution in [0, 0.1) is 11.8 Å². The van der Waals surface area contributed by atoms with Crippen molar-refractivity contribution in [1.82, 2.24) is 0 Å². The highest BCUT2D eigenvalue weighted by Crippen LogP contribution is 2.51. The van der Waals surface area contributed by atoms with Gasteiger partial charge in [-0.1, -0.05) is 99.3 Å². The molecule has 28 heavy (non-hydrogen) atoms. The van der Waals surface area contributed by atoms with Crippen molar-refractivity contribution in [3.63, 3.8) is 0 Å². The molecule has 0 amide bonds. The summed E-state index contributed by atoms with van der Waals surface area (Å²) in [6.45, 7) is 16.9. The summed E-state index contributed by atoms with van der Waals surface area (Å²) in [4.78, 5) is 0. The number of rotatable bonds is 6. The minimum Gasteiger partial charge on any atom is -0.0961 e. The molecule has 0 N–H and O–H groups in total. The maximum Gasteiger partial charge on any atom is 0.00848 e. The van der Waals surface area contributed by atoms with E-state index in [1.807, 2.05) is 6.92 Å². The first-order chi connectivity index (χ1) is 13.4. The second kappa shape index (κ2) is 10.5. The molecule has 0 aromatic rings. The lowest BCUT2D eigenvalue weighted by molar-refractivity contribution is 0.587. The van der Waals surface area contributed by atoms with Crippen LogP contribution in [0.4, 0.5) is 0 Å². The minimum atomic E-state index is -0.882. The van der Waals surface area contributed by atoms with Gasteiger partial charge in [0, 0.05) is 5.92 Å². The maximum absolute atomic E-state index is 3.92. The summed E-state index contributed by atoms with van der Waals surface area (Å²) in [6, 6.07) is 0. The van der Waals surface area contributed by atoms with Crippen molar-refractivity contribution in [1.29, 1.82) is 0 Å². The Hall–Kier alpha value is -2.04. The Morgan fingerprint density at radius 1 is 1.14 bits per heavy atom. The van der Waals surface area contributed by atoms with Gasteiger partial charge in [0.2, 0.25) is 0 Å². The van der Waals surface area contributed by atoms with E-state index in [1.54, 1.807) is 0 Å². The zero-order valence-electron chi connectivity index (χ0n) is 18.3. The monoisotopic (exact) mass is 390 g/mol. The molecule has 2 rings (SSSR count). The van der Waals surface area contributed by atoms with Gasteiger partial charge in [-0.2, -0.15) is 0 Å². The summed E-state index contributed by atoms with van der Waals surface area (Å²) in [6.07, 6.45) is 24.9. The molecule has 1 aliphatic heterocycles. The van der Waals surface area contributed by atoms with Crippen LogP contribution in [0.15, 0.2) is 107 Å². The first-order valence-corrected chi connectivity index (χ1v) is 11.8. The number of hydrogen-bond donors (Lipinski definition) is 0. The minimum absolute atomic E-state index is 0.419. The van der Waals surface area contributed by atoms with Gasteiger partial charge in [-0.25, -0.2) is 0 Å². The third-order valence-electron chi connectivity index (χ3n) is 5.21. The molecule has 1 heterocycles. The Balaban J connectivity index is 2.49. The highest BCUT2D eigenvalue weighted by atomic mass is 31.1. The van der Waals surface area contributed by atoms with Gasteiger partial charge in [-0.3, -0.25) is 0 Å². The predicted octanol–water partition coefficient (Wildman–Crippen LogP) is 8.15. The van der Waals surface area contributed by atoms with Gasteiger partial charge in [0.1, 0.15) is 0 Å². The van der Waals surface area contributed by atoms with Gasteiger partial charge in [0.05, 0.1) is 0 Å². The van der Waals surface area contributed by atoms with Crippen molar-refractivity contribution >= 4 is 12.8 Å². The van der Waals surface area contributed by atoms with Crippen LogP contribution >= 0.6 is 7.55 Å². The van der Waals surface area contributed by atoms with Gasteiger partial charge >= 0.3 is 0 Å². The molecule has 0 bridgehead atoms. The standard InChI is InChI=1S/C27H35P/c1-8-13-26-22(7)17-24-18-23(10-3)25(19-27(24)28(26)16-9-2)21(6)15-12-11-14-20(4)5/h8-19,21,25,28H,4H2,1-3,5-7H3/b13-8-,14-11-,15-12-,16-9-,23-10-. The van der Waals surface area contributed by atoms with Crippen LogP contribution in [0.1, 0.15) is 41.5 Å². The van der Waals surface area contributed by atoms with Crippen molar-refractivity contribution < 1.29 is 0 Å². The summed E-state index contributed by atoms with van der Waals surface area (Å²) >= 11 is 0. The van der Waals surface area contributed by atoms with Crippen LogP contribution < -0.4 is 0 Å². The second-order valence-electron chi connectivity index (χ2n) is 7.60. The van der Waals surface area contributed by atoms with Crippen LogP contribution in [0.25, 0.3) is 0 Å². The van der Waals surface area contributed by atoms with Crippen molar-refractivity contribution in [2.24, 2.45) is 11.8 Å². The molecule has 0 aromatic carbocycles. The van der Waals surface area contributed by atoms with Crippen LogP contribution in [-0.4, -0.2) is 5.29 Å². The molecule has 0 fully saturated rings.